The van der Waals surface area contributed by atoms with Gasteiger partial charge in [0.1, 0.15) is 0 Å². The Hall–Kier alpha value is -2.62. The molecule has 0 saturated carbocycles. The summed E-state index contributed by atoms with van der Waals surface area (Å²) in [6, 6.07) is 15.0. The summed E-state index contributed by atoms with van der Waals surface area (Å²) >= 11 is 0. The van der Waals surface area contributed by atoms with Crippen LogP contribution in [0.2, 0.25) is 0 Å². The van der Waals surface area contributed by atoms with E-state index in [0.29, 0.717) is 5.69 Å². The van der Waals surface area contributed by atoms with Crippen molar-refractivity contribution < 1.29 is 9.59 Å². The number of rotatable bonds is 3. The first-order chi connectivity index (χ1) is 10.5. The normalized spacial score (nSPS) is 11.6. The Morgan fingerprint density at radius 2 is 1.64 bits per heavy atom. The van der Waals surface area contributed by atoms with Crippen LogP contribution in [0.15, 0.2) is 48.5 Å². The smallest absolute Gasteiger partial charge is 0.313 e. The fourth-order valence-corrected chi connectivity index (χ4v) is 2.14. The van der Waals surface area contributed by atoms with Crippen molar-refractivity contribution >= 4 is 17.5 Å². The van der Waals surface area contributed by atoms with E-state index in [1.54, 1.807) is 0 Å². The lowest BCUT2D eigenvalue weighted by molar-refractivity contribution is -0.136. The molecular formula is C18H20N2O2. The zero-order chi connectivity index (χ0) is 16.1. The molecule has 114 valence electrons. The Morgan fingerprint density at radius 1 is 0.955 bits per heavy atom. The molecule has 0 aliphatic carbocycles. The molecular weight excluding hydrogens is 276 g/mol. The number of anilines is 1. The van der Waals surface area contributed by atoms with Gasteiger partial charge in [0.2, 0.25) is 0 Å². The number of amides is 2. The lowest BCUT2D eigenvalue weighted by atomic mass is 10.1. The predicted octanol–water partition coefficient (Wildman–Crippen LogP) is 3.12. The molecule has 1 atom stereocenters. The van der Waals surface area contributed by atoms with E-state index < -0.39 is 11.8 Å². The quantitative estimate of drug-likeness (QED) is 0.855. The maximum absolute atomic E-state index is 12.0. The molecule has 2 N–H and O–H groups in total. The summed E-state index contributed by atoms with van der Waals surface area (Å²) in [6.07, 6.45) is 0. The maximum Gasteiger partial charge on any atom is 0.313 e. The summed E-state index contributed by atoms with van der Waals surface area (Å²) in [5, 5.41) is 5.36. The molecule has 2 aromatic carbocycles. The Bertz CT molecular complexity index is 681. The van der Waals surface area contributed by atoms with Gasteiger partial charge in [0.25, 0.3) is 0 Å². The minimum absolute atomic E-state index is 0.224. The molecule has 0 fully saturated rings. The summed E-state index contributed by atoms with van der Waals surface area (Å²) in [4.78, 5) is 24.0. The fourth-order valence-electron chi connectivity index (χ4n) is 2.14. The Labute approximate surface area is 130 Å². The SMILES string of the molecule is Cc1ccc(C)c(NC(=O)C(=O)N[C@@H](C)c2ccccc2)c1. The van der Waals surface area contributed by atoms with Crippen LogP contribution in [0, 0.1) is 13.8 Å². The molecule has 0 heterocycles. The van der Waals surface area contributed by atoms with E-state index in [9.17, 15) is 9.59 Å². The van der Waals surface area contributed by atoms with Crippen molar-refractivity contribution in [1.29, 1.82) is 0 Å². The number of aryl methyl sites for hydroxylation is 2. The van der Waals surface area contributed by atoms with Crippen molar-refractivity contribution in [2.45, 2.75) is 26.8 Å². The lowest BCUT2D eigenvalue weighted by Gasteiger charge is -2.14. The molecule has 2 aromatic rings. The molecule has 4 nitrogen and oxygen atoms in total. The molecule has 0 bridgehead atoms. The maximum atomic E-state index is 12.0. The summed E-state index contributed by atoms with van der Waals surface area (Å²) in [5.41, 5.74) is 3.56. The lowest BCUT2D eigenvalue weighted by Crippen LogP contribution is -2.37. The Kier molecular flexibility index (Phi) is 4.94. The molecule has 0 aliphatic heterocycles. The summed E-state index contributed by atoms with van der Waals surface area (Å²) in [6.45, 7) is 5.67. The van der Waals surface area contributed by atoms with Crippen LogP contribution >= 0.6 is 0 Å². The van der Waals surface area contributed by atoms with Crippen LogP contribution < -0.4 is 10.6 Å². The van der Waals surface area contributed by atoms with Crippen LogP contribution in [-0.2, 0) is 9.59 Å². The zero-order valence-electron chi connectivity index (χ0n) is 13.0. The Morgan fingerprint density at radius 3 is 2.32 bits per heavy atom. The van der Waals surface area contributed by atoms with E-state index >= 15 is 0 Å². The van der Waals surface area contributed by atoms with Crippen molar-refractivity contribution in [2.75, 3.05) is 5.32 Å². The molecule has 2 rings (SSSR count). The number of hydrogen-bond donors (Lipinski definition) is 2. The minimum atomic E-state index is -0.656. The standard InChI is InChI=1S/C18H20N2O2/c1-12-9-10-13(2)16(11-12)20-18(22)17(21)19-14(3)15-7-5-4-6-8-15/h4-11,14H,1-3H3,(H,19,21)(H,20,22)/t14-/m0/s1. The first kappa shape index (κ1) is 15.8. The summed E-state index contributed by atoms with van der Waals surface area (Å²) in [7, 11) is 0. The molecule has 0 aromatic heterocycles. The zero-order valence-corrected chi connectivity index (χ0v) is 13.0. The van der Waals surface area contributed by atoms with Crippen LogP contribution in [0.3, 0.4) is 0 Å². The van der Waals surface area contributed by atoms with Crippen LogP contribution in [0.1, 0.15) is 29.7 Å². The Balaban J connectivity index is 2.01. The van der Waals surface area contributed by atoms with Gasteiger partial charge < -0.3 is 10.6 Å². The highest BCUT2D eigenvalue weighted by Gasteiger charge is 2.17. The van der Waals surface area contributed by atoms with E-state index in [1.165, 1.54) is 0 Å². The van der Waals surface area contributed by atoms with Crippen molar-refractivity contribution in [1.82, 2.24) is 5.32 Å². The predicted molar refractivity (Wildman–Crippen MR) is 87.5 cm³/mol. The van der Waals surface area contributed by atoms with Crippen LogP contribution in [0.4, 0.5) is 5.69 Å². The van der Waals surface area contributed by atoms with Crippen molar-refractivity contribution in [3.8, 4) is 0 Å². The highest BCUT2D eigenvalue weighted by molar-refractivity contribution is 6.39. The van der Waals surface area contributed by atoms with Crippen molar-refractivity contribution in [3.05, 3.63) is 65.2 Å². The fraction of sp³-hybridized carbons (Fsp3) is 0.222. The van der Waals surface area contributed by atoms with Crippen molar-refractivity contribution in [2.24, 2.45) is 0 Å². The largest absolute Gasteiger partial charge is 0.341 e. The average molecular weight is 296 g/mol. The number of benzene rings is 2. The molecule has 0 spiro atoms. The van der Waals surface area contributed by atoms with E-state index in [2.05, 4.69) is 10.6 Å². The van der Waals surface area contributed by atoms with E-state index in [1.807, 2.05) is 69.3 Å². The molecule has 0 aliphatic rings. The number of hydrogen-bond acceptors (Lipinski definition) is 2. The third-order valence-corrected chi connectivity index (χ3v) is 3.49. The highest BCUT2D eigenvalue weighted by Crippen LogP contribution is 2.16. The third kappa shape index (κ3) is 3.95. The second-order valence-corrected chi connectivity index (χ2v) is 5.38. The van der Waals surface area contributed by atoms with E-state index in [-0.39, 0.29) is 6.04 Å². The van der Waals surface area contributed by atoms with E-state index in [0.717, 1.165) is 16.7 Å². The number of nitrogens with one attached hydrogen (secondary N) is 2. The molecule has 2 amide bonds. The van der Waals surface area contributed by atoms with Gasteiger partial charge in [-0.1, -0.05) is 42.5 Å². The van der Waals surface area contributed by atoms with Gasteiger partial charge >= 0.3 is 11.8 Å². The van der Waals surface area contributed by atoms with Crippen molar-refractivity contribution in [3.63, 3.8) is 0 Å². The molecule has 22 heavy (non-hydrogen) atoms. The highest BCUT2D eigenvalue weighted by atomic mass is 16.2. The topological polar surface area (TPSA) is 58.2 Å². The van der Waals surface area contributed by atoms with Gasteiger partial charge in [0.15, 0.2) is 0 Å². The van der Waals surface area contributed by atoms with Crippen LogP contribution in [0.25, 0.3) is 0 Å². The van der Waals surface area contributed by atoms with Gasteiger partial charge in [-0.2, -0.15) is 0 Å². The second-order valence-electron chi connectivity index (χ2n) is 5.38. The first-order valence-corrected chi connectivity index (χ1v) is 7.21. The van der Waals surface area contributed by atoms with Gasteiger partial charge in [-0.05, 0) is 43.5 Å². The van der Waals surface area contributed by atoms with Crippen LogP contribution in [0.5, 0.6) is 0 Å². The molecule has 0 radical (unpaired) electrons. The summed E-state index contributed by atoms with van der Waals surface area (Å²) < 4.78 is 0. The third-order valence-electron chi connectivity index (χ3n) is 3.49. The van der Waals surface area contributed by atoms with Crippen LogP contribution in [-0.4, -0.2) is 11.8 Å². The first-order valence-electron chi connectivity index (χ1n) is 7.21. The molecule has 0 saturated heterocycles. The number of carbonyl (C=O) groups is 2. The van der Waals surface area contributed by atoms with Gasteiger partial charge in [-0.25, -0.2) is 0 Å². The second kappa shape index (κ2) is 6.89. The summed E-state index contributed by atoms with van der Waals surface area (Å²) in [5.74, 6) is -1.30. The van der Waals surface area contributed by atoms with Gasteiger partial charge in [-0.3, -0.25) is 9.59 Å². The van der Waals surface area contributed by atoms with Gasteiger partial charge in [0, 0.05) is 5.69 Å². The minimum Gasteiger partial charge on any atom is -0.341 e. The van der Waals surface area contributed by atoms with Gasteiger partial charge in [0.05, 0.1) is 6.04 Å². The molecule has 4 heteroatoms. The monoisotopic (exact) mass is 296 g/mol. The van der Waals surface area contributed by atoms with E-state index in [4.69, 9.17) is 0 Å². The average Bonchev–Trinajstić information content (AvgIpc) is 2.51. The number of carbonyl (C=O) groups excluding carboxylic acids is 2. The molecule has 0 unspecified atom stereocenters. The van der Waals surface area contributed by atoms with Gasteiger partial charge in [-0.15, -0.1) is 0 Å².